The third-order valence-electron chi connectivity index (χ3n) is 2.98. The number of ether oxygens (including phenoxy) is 2. The molecular weight excluding hydrogens is 378 g/mol. The predicted molar refractivity (Wildman–Crippen MR) is 94.7 cm³/mol. The van der Waals surface area contributed by atoms with Crippen molar-refractivity contribution in [1.29, 1.82) is 0 Å². The standard InChI is InChI=1S/C17H24BrNO5/c1-11(19-16(22)24-17(2,3)4)6-5-9-23-14-10-12(18)7-8-13(14)15(20)21/h7-8,10-11H,5-6,9H2,1-4H3,(H,19,22)(H,20,21). The molecule has 134 valence electrons. The summed E-state index contributed by atoms with van der Waals surface area (Å²) >= 11 is 3.29. The van der Waals surface area contributed by atoms with Gasteiger partial charge in [-0.05, 0) is 58.7 Å². The molecule has 0 saturated heterocycles. The van der Waals surface area contributed by atoms with Crippen molar-refractivity contribution >= 4 is 28.0 Å². The highest BCUT2D eigenvalue weighted by molar-refractivity contribution is 9.10. The molecule has 0 saturated carbocycles. The van der Waals surface area contributed by atoms with Crippen LogP contribution in [0.4, 0.5) is 4.79 Å². The van der Waals surface area contributed by atoms with E-state index in [0.29, 0.717) is 25.2 Å². The number of hydrogen-bond donors (Lipinski definition) is 2. The van der Waals surface area contributed by atoms with Crippen LogP contribution in [0.3, 0.4) is 0 Å². The Labute approximate surface area is 150 Å². The largest absolute Gasteiger partial charge is 0.493 e. The SMILES string of the molecule is CC(CCCOc1cc(Br)ccc1C(=O)O)NC(=O)OC(C)(C)C. The average molecular weight is 402 g/mol. The van der Waals surface area contributed by atoms with Gasteiger partial charge in [-0.25, -0.2) is 9.59 Å². The summed E-state index contributed by atoms with van der Waals surface area (Å²) in [4.78, 5) is 22.8. The van der Waals surface area contributed by atoms with E-state index in [1.54, 1.807) is 12.1 Å². The molecule has 1 atom stereocenters. The summed E-state index contributed by atoms with van der Waals surface area (Å²) in [7, 11) is 0. The third kappa shape index (κ3) is 7.68. The topological polar surface area (TPSA) is 84.9 Å². The van der Waals surface area contributed by atoms with Crippen LogP contribution in [0.1, 0.15) is 50.9 Å². The van der Waals surface area contributed by atoms with Crippen LogP contribution in [0, 0.1) is 0 Å². The lowest BCUT2D eigenvalue weighted by atomic mass is 10.2. The lowest BCUT2D eigenvalue weighted by Crippen LogP contribution is -2.37. The Hall–Kier alpha value is -1.76. The van der Waals surface area contributed by atoms with Crippen molar-refractivity contribution in [3.8, 4) is 5.75 Å². The molecule has 1 aromatic rings. The first-order chi connectivity index (χ1) is 11.1. The van der Waals surface area contributed by atoms with Gasteiger partial charge in [0.15, 0.2) is 0 Å². The summed E-state index contributed by atoms with van der Waals surface area (Å²) in [6.07, 6.45) is 0.911. The number of carbonyl (C=O) groups is 2. The molecule has 0 bridgehead atoms. The summed E-state index contributed by atoms with van der Waals surface area (Å²) in [6, 6.07) is 4.72. The van der Waals surface area contributed by atoms with Crippen molar-refractivity contribution in [2.24, 2.45) is 0 Å². The van der Waals surface area contributed by atoms with Crippen molar-refractivity contribution in [2.75, 3.05) is 6.61 Å². The average Bonchev–Trinajstić information content (AvgIpc) is 2.41. The zero-order valence-corrected chi connectivity index (χ0v) is 16.0. The fourth-order valence-electron chi connectivity index (χ4n) is 1.94. The van der Waals surface area contributed by atoms with Crippen LogP contribution >= 0.6 is 15.9 Å². The molecule has 0 fully saturated rings. The molecule has 2 N–H and O–H groups in total. The molecule has 0 heterocycles. The van der Waals surface area contributed by atoms with E-state index in [1.165, 1.54) is 6.07 Å². The Morgan fingerprint density at radius 1 is 1.33 bits per heavy atom. The van der Waals surface area contributed by atoms with Gasteiger partial charge in [-0.15, -0.1) is 0 Å². The van der Waals surface area contributed by atoms with Gasteiger partial charge < -0.3 is 19.9 Å². The molecule has 0 aromatic heterocycles. The Bertz CT molecular complexity index is 583. The minimum atomic E-state index is -1.03. The fraction of sp³-hybridized carbons (Fsp3) is 0.529. The molecule has 6 nitrogen and oxygen atoms in total. The molecule has 1 unspecified atom stereocenters. The number of rotatable bonds is 7. The van der Waals surface area contributed by atoms with Crippen LogP contribution < -0.4 is 10.1 Å². The number of hydrogen-bond acceptors (Lipinski definition) is 4. The first-order valence-electron chi connectivity index (χ1n) is 7.73. The van der Waals surface area contributed by atoms with Crippen LogP contribution in [0.5, 0.6) is 5.75 Å². The van der Waals surface area contributed by atoms with Crippen LogP contribution in [0.15, 0.2) is 22.7 Å². The van der Waals surface area contributed by atoms with E-state index >= 15 is 0 Å². The smallest absolute Gasteiger partial charge is 0.407 e. The van der Waals surface area contributed by atoms with Gasteiger partial charge >= 0.3 is 12.1 Å². The highest BCUT2D eigenvalue weighted by Gasteiger charge is 2.17. The molecule has 24 heavy (non-hydrogen) atoms. The van der Waals surface area contributed by atoms with Gasteiger partial charge in [0.1, 0.15) is 16.9 Å². The number of nitrogens with one attached hydrogen (secondary N) is 1. The van der Waals surface area contributed by atoms with E-state index < -0.39 is 17.7 Å². The second-order valence-corrected chi connectivity index (χ2v) is 7.40. The number of alkyl carbamates (subject to hydrolysis) is 1. The Morgan fingerprint density at radius 3 is 2.58 bits per heavy atom. The number of halogens is 1. The molecule has 0 radical (unpaired) electrons. The number of carbonyl (C=O) groups excluding carboxylic acids is 1. The minimum absolute atomic E-state index is 0.0649. The number of carboxylic acids is 1. The monoisotopic (exact) mass is 401 g/mol. The van der Waals surface area contributed by atoms with E-state index in [0.717, 1.165) is 4.47 Å². The molecule has 0 spiro atoms. The van der Waals surface area contributed by atoms with Crippen molar-refractivity contribution in [3.05, 3.63) is 28.2 Å². The summed E-state index contributed by atoms with van der Waals surface area (Å²) in [5, 5.41) is 11.9. The van der Waals surface area contributed by atoms with Gasteiger partial charge in [-0.2, -0.15) is 0 Å². The van der Waals surface area contributed by atoms with E-state index in [4.69, 9.17) is 14.6 Å². The number of amides is 1. The van der Waals surface area contributed by atoms with Gasteiger partial charge in [-0.3, -0.25) is 0 Å². The maximum absolute atomic E-state index is 11.6. The normalized spacial score (nSPS) is 12.4. The lowest BCUT2D eigenvalue weighted by Gasteiger charge is -2.22. The van der Waals surface area contributed by atoms with Gasteiger partial charge in [0.2, 0.25) is 0 Å². The molecule has 1 rings (SSSR count). The summed E-state index contributed by atoms with van der Waals surface area (Å²) < 4.78 is 11.5. The Balaban J connectivity index is 2.40. The van der Waals surface area contributed by atoms with E-state index in [-0.39, 0.29) is 11.6 Å². The molecular formula is C17H24BrNO5. The van der Waals surface area contributed by atoms with Gasteiger partial charge in [0.05, 0.1) is 6.61 Å². The van der Waals surface area contributed by atoms with E-state index in [1.807, 2.05) is 27.7 Å². The zero-order chi connectivity index (χ0) is 18.3. The third-order valence-corrected chi connectivity index (χ3v) is 3.47. The van der Waals surface area contributed by atoms with E-state index in [9.17, 15) is 9.59 Å². The first kappa shape index (κ1) is 20.3. The minimum Gasteiger partial charge on any atom is -0.493 e. The van der Waals surface area contributed by atoms with Crippen LogP contribution in [0.25, 0.3) is 0 Å². The van der Waals surface area contributed by atoms with Gasteiger partial charge in [0.25, 0.3) is 0 Å². The summed E-state index contributed by atoms with van der Waals surface area (Å²) in [5.74, 6) is -0.706. The van der Waals surface area contributed by atoms with Crippen molar-refractivity contribution in [3.63, 3.8) is 0 Å². The lowest BCUT2D eigenvalue weighted by molar-refractivity contribution is 0.0503. The molecule has 0 aliphatic carbocycles. The zero-order valence-electron chi connectivity index (χ0n) is 14.4. The maximum Gasteiger partial charge on any atom is 0.407 e. The quantitative estimate of drug-likeness (QED) is 0.668. The highest BCUT2D eigenvalue weighted by atomic mass is 79.9. The van der Waals surface area contributed by atoms with Crippen LogP contribution in [-0.4, -0.2) is 35.4 Å². The molecule has 7 heteroatoms. The van der Waals surface area contributed by atoms with Gasteiger partial charge in [-0.1, -0.05) is 15.9 Å². The van der Waals surface area contributed by atoms with Crippen molar-refractivity contribution < 1.29 is 24.2 Å². The Morgan fingerprint density at radius 2 is 2.00 bits per heavy atom. The van der Waals surface area contributed by atoms with Crippen molar-refractivity contribution in [1.82, 2.24) is 5.32 Å². The van der Waals surface area contributed by atoms with E-state index in [2.05, 4.69) is 21.2 Å². The number of aromatic carboxylic acids is 1. The maximum atomic E-state index is 11.6. The predicted octanol–water partition coefficient (Wildman–Crippen LogP) is 4.22. The fourth-order valence-corrected chi connectivity index (χ4v) is 2.28. The van der Waals surface area contributed by atoms with Gasteiger partial charge in [0, 0.05) is 10.5 Å². The van der Waals surface area contributed by atoms with Crippen LogP contribution in [-0.2, 0) is 4.74 Å². The molecule has 1 amide bonds. The number of carboxylic acid groups (broad SMARTS) is 1. The van der Waals surface area contributed by atoms with Crippen molar-refractivity contribution in [2.45, 2.75) is 52.2 Å². The second kappa shape index (κ2) is 8.92. The Kier molecular flexibility index (Phi) is 7.54. The van der Waals surface area contributed by atoms with Crippen LogP contribution in [0.2, 0.25) is 0 Å². The molecule has 0 aliphatic rings. The second-order valence-electron chi connectivity index (χ2n) is 6.48. The summed E-state index contributed by atoms with van der Waals surface area (Å²) in [5.41, 5.74) is -0.404. The highest BCUT2D eigenvalue weighted by Crippen LogP contribution is 2.24. The molecule has 1 aromatic carbocycles. The first-order valence-corrected chi connectivity index (χ1v) is 8.53. The molecule has 0 aliphatic heterocycles. The summed E-state index contributed by atoms with van der Waals surface area (Å²) in [6.45, 7) is 7.66. The number of benzene rings is 1.